The van der Waals surface area contributed by atoms with Gasteiger partial charge in [0.15, 0.2) is 0 Å². The number of ether oxygens (including phenoxy) is 2. The number of nitrogens with zero attached hydrogens (tertiary/aromatic N) is 1. The Hall–Kier alpha value is -1.59. The van der Waals surface area contributed by atoms with Crippen molar-refractivity contribution >= 4 is 6.09 Å². The third kappa shape index (κ3) is 7.34. The van der Waals surface area contributed by atoms with Gasteiger partial charge in [-0.25, -0.2) is 4.79 Å². The number of hydrogen-bond donors (Lipinski definition) is 1. The van der Waals surface area contributed by atoms with Gasteiger partial charge in [0, 0.05) is 19.0 Å². The molecule has 1 aliphatic rings. The standard InChI is InChI=1S/C19H29NO4.C2H6/c1-19(2,3)24-18(22)20-11-7-10-16(14-20)17(23-13-12-21)15-8-5-4-6-9-15;1-2/h4-6,8-9,16-17,21H,7,10-14H2,1-3H3;1-2H3. The SMILES string of the molecule is CC.CC(C)(C)OC(=O)N1CCCC(C(OCCO)c2ccccc2)C1. The van der Waals surface area contributed by atoms with Crippen molar-refractivity contribution in [3.63, 3.8) is 0 Å². The summed E-state index contributed by atoms with van der Waals surface area (Å²) in [6.07, 6.45) is 1.53. The van der Waals surface area contributed by atoms with Gasteiger partial charge in [0.1, 0.15) is 5.60 Å². The van der Waals surface area contributed by atoms with Gasteiger partial charge >= 0.3 is 6.09 Å². The van der Waals surface area contributed by atoms with Crippen LogP contribution in [0.1, 0.15) is 59.1 Å². The smallest absolute Gasteiger partial charge is 0.410 e. The summed E-state index contributed by atoms with van der Waals surface area (Å²) in [5, 5.41) is 9.12. The Labute approximate surface area is 158 Å². The molecule has 26 heavy (non-hydrogen) atoms. The Morgan fingerprint density at radius 2 is 1.92 bits per heavy atom. The first-order valence-electron chi connectivity index (χ1n) is 9.66. The molecule has 1 aromatic rings. The zero-order valence-electron chi connectivity index (χ0n) is 16.9. The topological polar surface area (TPSA) is 59.0 Å². The molecule has 0 aromatic heterocycles. The lowest BCUT2D eigenvalue weighted by Gasteiger charge is -2.37. The van der Waals surface area contributed by atoms with E-state index < -0.39 is 5.60 Å². The van der Waals surface area contributed by atoms with Crippen molar-refractivity contribution in [3.05, 3.63) is 35.9 Å². The summed E-state index contributed by atoms with van der Waals surface area (Å²) in [7, 11) is 0. The highest BCUT2D eigenvalue weighted by Gasteiger charge is 2.32. The largest absolute Gasteiger partial charge is 0.444 e. The Bertz CT molecular complexity index is 512. The van der Waals surface area contributed by atoms with Crippen LogP contribution in [0.25, 0.3) is 0 Å². The van der Waals surface area contributed by atoms with Gasteiger partial charge in [-0.1, -0.05) is 44.2 Å². The summed E-state index contributed by atoms with van der Waals surface area (Å²) >= 11 is 0. The van der Waals surface area contributed by atoms with Gasteiger partial charge < -0.3 is 19.5 Å². The minimum Gasteiger partial charge on any atom is -0.444 e. The highest BCUT2D eigenvalue weighted by Crippen LogP contribution is 2.33. The number of benzene rings is 1. The van der Waals surface area contributed by atoms with E-state index >= 15 is 0 Å². The van der Waals surface area contributed by atoms with E-state index in [-0.39, 0.29) is 24.7 Å². The first-order valence-corrected chi connectivity index (χ1v) is 9.66. The second-order valence-electron chi connectivity index (χ2n) is 7.25. The molecule has 1 saturated heterocycles. The van der Waals surface area contributed by atoms with Crippen molar-refractivity contribution in [2.75, 3.05) is 26.3 Å². The molecule has 0 radical (unpaired) electrons. The van der Waals surface area contributed by atoms with Crippen LogP contribution in [0.15, 0.2) is 30.3 Å². The van der Waals surface area contributed by atoms with Crippen LogP contribution in [0.5, 0.6) is 0 Å². The van der Waals surface area contributed by atoms with E-state index in [1.807, 2.05) is 65.0 Å². The predicted molar refractivity (Wildman–Crippen MR) is 104 cm³/mol. The Morgan fingerprint density at radius 1 is 1.27 bits per heavy atom. The predicted octanol–water partition coefficient (Wildman–Crippen LogP) is 4.41. The molecule has 148 valence electrons. The van der Waals surface area contributed by atoms with Crippen molar-refractivity contribution in [2.24, 2.45) is 5.92 Å². The number of aliphatic hydroxyl groups is 1. The maximum atomic E-state index is 12.4. The third-order valence-corrected chi connectivity index (χ3v) is 4.05. The first kappa shape index (κ1) is 22.5. The van der Waals surface area contributed by atoms with Crippen LogP contribution >= 0.6 is 0 Å². The van der Waals surface area contributed by atoms with E-state index in [4.69, 9.17) is 14.6 Å². The van der Waals surface area contributed by atoms with Gasteiger partial charge in [0.25, 0.3) is 0 Å². The molecule has 1 aliphatic heterocycles. The summed E-state index contributed by atoms with van der Waals surface area (Å²) in [4.78, 5) is 14.1. The minimum absolute atomic E-state index is 0.00810. The lowest BCUT2D eigenvalue weighted by molar-refractivity contribution is -0.0348. The van der Waals surface area contributed by atoms with E-state index in [0.717, 1.165) is 18.4 Å². The summed E-state index contributed by atoms with van der Waals surface area (Å²) in [6.45, 7) is 11.2. The fourth-order valence-corrected chi connectivity index (χ4v) is 3.08. The average Bonchev–Trinajstić information content (AvgIpc) is 2.63. The number of carbonyl (C=O) groups excluding carboxylic acids is 1. The van der Waals surface area contributed by atoms with Gasteiger partial charge in [-0.15, -0.1) is 0 Å². The lowest BCUT2D eigenvalue weighted by Crippen LogP contribution is -2.44. The van der Waals surface area contributed by atoms with Crippen LogP contribution in [-0.4, -0.2) is 48.0 Å². The number of carbonyl (C=O) groups is 1. The highest BCUT2D eigenvalue weighted by atomic mass is 16.6. The molecule has 2 unspecified atom stereocenters. The van der Waals surface area contributed by atoms with Gasteiger partial charge in [-0.05, 0) is 39.2 Å². The number of likely N-dealkylation sites (tertiary alicyclic amines) is 1. The van der Waals surface area contributed by atoms with Crippen molar-refractivity contribution in [1.29, 1.82) is 0 Å². The van der Waals surface area contributed by atoms with Crippen LogP contribution in [-0.2, 0) is 9.47 Å². The molecular weight excluding hydrogens is 330 g/mol. The van der Waals surface area contributed by atoms with E-state index in [9.17, 15) is 4.79 Å². The third-order valence-electron chi connectivity index (χ3n) is 4.05. The normalized spacial score (nSPS) is 18.5. The molecule has 1 N–H and O–H groups in total. The van der Waals surface area contributed by atoms with Gasteiger partial charge in [-0.3, -0.25) is 0 Å². The van der Waals surface area contributed by atoms with E-state index in [2.05, 4.69) is 0 Å². The molecule has 2 atom stereocenters. The molecule has 0 bridgehead atoms. The summed E-state index contributed by atoms with van der Waals surface area (Å²) < 4.78 is 11.4. The summed E-state index contributed by atoms with van der Waals surface area (Å²) in [5.41, 5.74) is 0.595. The maximum Gasteiger partial charge on any atom is 0.410 e. The molecule has 1 heterocycles. The van der Waals surface area contributed by atoms with Gasteiger partial charge in [-0.2, -0.15) is 0 Å². The highest BCUT2D eigenvalue weighted by molar-refractivity contribution is 5.68. The number of hydrogen-bond acceptors (Lipinski definition) is 4. The molecule has 5 heteroatoms. The number of aliphatic hydroxyl groups excluding tert-OH is 1. The van der Waals surface area contributed by atoms with Crippen LogP contribution in [0.2, 0.25) is 0 Å². The van der Waals surface area contributed by atoms with E-state index in [0.29, 0.717) is 19.7 Å². The zero-order chi connectivity index (χ0) is 19.6. The molecule has 0 saturated carbocycles. The Balaban J connectivity index is 0.00000163. The molecule has 1 amide bonds. The fourth-order valence-electron chi connectivity index (χ4n) is 3.08. The van der Waals surface area contributed by atoms with Crippen LogP contribution in [0, 0.1) is 5.92 Å². The molecule has 1 aromatic carbocycles. The number of amides is 1. The average molecular weight is 366 g/mol. The van der Waals surface area contributed by atoms with Gasteiger partial charge in [0.2, 0.25) is 0 Å². The van der Waals surface area contributed by atoms with E-state index in [1.54, 1.807) is 4.90 Å². The van der Waals surface area contributed by atoms with Crippen LogP contribution in [0.3, 0.4) is 0 Å². The second-order valence-corrected chi connectivity index (χ2v) is 7.25. The van der Waals surface area contributed by atoms with Crippen molar-refractivity contribution in [3.8, 4) is 0 Å². The molecule has 2 rings (SSSR count). The van der Waals surface area contributed by atoms with Crippen molar-refractivity contribution in [2.45, 2.75) is 59.2 Å². The fraction of sp³-hybridized carbons (Fsp3) is 0.667. The summed E-state index contributed by atoms with van der Waals surface area (Å²) in [5.74, 6) is 0.195. The molecule has 1 fully saturated rings. The Morgan fingerprint density at radius 3 is 2.50 bits per heavy atom. The van der Waals surface area contributed by atoms with Crippen LogP contribution < -0.4 is 0 Å². The van der Waals surface area contributed by atoms with Crippen molar-refractivity contribution in [1.82, 2.24) is 4.90 Å². The minimum atomic E-state index is -0.490. The second kappa shape index (κ2) is 11.2. The lowest BCUT2D eigenvalue weighted by atomic mass is 9.88. The van der Waals surface area contributed by atoms with Crippen molar-refractivity contribution < 1.29 is 19.4 Å². The molecule has 0 aliphatic carbocycles. The first-order chi connectivity index (χ1) is 12.4. The van der Waals surface area contributed by atoms with Crippen LogP contribution in [0.4, 0.5) is 4.79 Å². The zero-order valence-corrected chi connectivity index (χ0v) is 16.9. The molecule has 0 spiro atoms. The molecule has 5 nitrogen and oxygen atoms in total. The molecular formula is C21H35NO4. The number of piperidine rings is 1. The quantitative estimate of drug-likeness (QED) is 0.840. The number of rotatable bonds is 5. The Kier molecular flexibility index (Phi) is 9.66. The summed E-state index contributed by atoms with van der Waals surface area (Å²) in [6, 6.07) is 10.0. The van der Waals surface area contributed by atoms with E-state index in [1.165, 1.54) is 0 Å². The van der Waals surface area contributed by atoms with Gasteiger partial charge in [0.05, 0.1) is 19.3 Å². The maximum absolute atomic E-state index is 12.4. The monoisotopic (exact) mass is 365 g/mol.